The van der Waals surface area contributed by atoms with Gasteiger partial charge in [0.15, 0.2) is 6.61 Å². The molecule has 0 aliphatic carbocycles. The van der Waals surface area contributed by atoms with Crippen LogP contribution >= 0.6 is 11.8 Å². The van der Waals surface area contributed by atoms with E-state index < -0.39 is 5.63 Å². The second-order valence-corrected chi connectivity index (χ2v) is 10.3. The molecule has 0 saturated carbocycles. The van der Waals surface area contributed by atoms with Crippen molar-refractivity contribution in [1.29, 1.82) is 0 Å². The predicted molar refractivity (Wildman–Crippen MR) is 138 cm³/mol. The molecule has 0 spiro atoms. The van der Waals surface area contributed by atoms with Crippen LogP contribution < -0.4 is 20.4 Å². The molecule has 0 fully saturated rings. The quantitative estimate of drug-likeness (QED) is 0.428. The van der Waals surface area contributed by atoms with E-state index >= 15 is 0 Å². The van der Waals surface area contributed by atoms with Gasteiger partial charge in [-0.25, -0.2) is 4.79 Å². The highest BCUT2D eigenvalue weighted by Crippen LogP contribution is 2.44. The average Bonchev–Trinajstić information content (AvgIpc) is 2.84. The lowest BCUT2D eigenvalue weighted by Gasteiger charge is -2.33. The number of hydrogen-bond acceptors (Lipinski definition) is 7. The number of thioether (sulfide) groups is 1. The number of benzene rings is 2. The molecule has 2 N–H and O–H groups in total. The fraction of sp³-hybridized carbons (Fsp3) is 0.407. The van der Waals surface area contributed by atoms with Crippen molar-refractivity contribution in [2.45, 2.75) is 44.8 Å². The van der Waals surface area contributed by atoms with Crippen LogP contribution in [0.4, 0.5) is 0 Å². The Hall–Kier alpha value is -2.97. The number of aliphatic hydroxyl groups excluding tert-OH is 1. The zero-order valence-corrected chi connectivity index (χ0v) is 21.1. The van der Waals surface area contributed by atoms with Crippen LogP contribution in [0.3, 0.4) is 0 Å². The highest BCUT2D eigenvalue weighted by Gasteiger charge is 2.31. The van der Waals surface area contributed by atoms with Gasteiger partial charge in [-0.2, -0.15) is 11.8 Å². The number of aryl methyl sites for hydroxylation is 1. The molecule has 35 heavy (non-hydrogen) atoms. The molecule has 0 bridgehead atoms. The lowest BCUT2D eigenvalue weighted by Crippen LogP contribution is -2.40. The average molecular weight is 498 g/mol. The first-order valence-electron chi connectivity index (χ1n) is 11.7. The minimum atomic E-state index is -0.460. The van der Waals surface area contributed by atoms with Crippen LogP contribution in [0.25, 0.3) is 22.1 Å². The van der Waals surface area contributed by atoms with Crippen LogP contribution in [0, 0.1) is 0 Å². The summed E-state index contributed by atoms with van der Waals surface area (Å²) in [6.07, 6.45) is 4.11. The molecule has 0 radical (unpaired) electrons. The summed E-state index contributed by atoms with van der Waals surface area (Å²) in [5, 5.41) is 13.0. The van der Waals surface area contributed by atoms with E-state index in [-0.39, 0.29) is 30.8 Å². The van der Waals surface area contributed by atoms with Gasteiger partial charge in [-0.05, 0) is 50.7 Å². The second kappa shape index (κ2) is 10.7. The van der Waals surface area contributed by atoms with Crippen molar-refractivity contribution in [1.82, 2.24) is 5.32 Å². The van der Waals surface area contributed by atoms with Gasteiger partial charge < -0.3 is 24.3 Å². The number of ether oxygens (including phenoxy) is 2. The van der Waals surface area contributed by atoms with E-state index in [0.717, 1.165) is 23.3 Å². The highest BCUT2D eigenvalue weighted by atomic mass is 32.2. The summed E-state index contributed by atoms with van der Waals surface area (Å²) in [5.41, 5.74) is 1.93. The van der Waals surface area contributed by atoms with E-state index in [1.165, 1.54) is 6.07 Å². The van der Waals surface area contributed by atoms with Crippen molar-refractivity contribution in [3.63, 3.8) is 0 Å². The maximum Gasteiger partial charge on any atom is 0.336 e. The van der Waals surface area contributed by atoms with Gasteiger partial charge in [-0.3, -0.25) is 4.79 Å². The summed E-state index contributed by atoms with van der Waals surface area (Å²) in [5.74, 6) is 1.48. The standard InChI is InChI=1S/C27H31NO6S/c1-27(2)11-9-19-21(34-27)14-22(32-16-23(30)28-18(15-29)10-12-35-3)25-20(13-24(31)33-26(19)25)17-7-5-4-6-8-17/h4-8,13-14,18,29H,9-12,15-16H2,1-3H3,(H,28,30). The molecular formula is C27H31NO6S. The van der Waals surface area contributed by atoms with Gasteiger partial charge >= 0.3 is 5.63 Å². The molecule has 4 rings (SSSR count). The number of nitrogens with one attached hydrogen (secondary N) is 1. The highest BCUT2D eigenvalue weighted by molar-refractivity contribution is 7.98. The van der Waals surface area contributed by atoms with E-state index in [1.54, 1.807) is 17.8 Å². The van der Waals surface area contributed by atoms with E-state index in [0.29, 0.717) is 40.9 Å². The number of rotatable bonds is 9. The summed E-state index contributed by atoms with van der Waals surface area (Å²) in [7, 11) is 0. The number of hydrogen-bond donors (Lipinski definition) is 2. The Bertz CT molecular complexity index is 1250. The molecule has 3 aromatic rings. The molecule has 1 unspecified atom stereocenters. The Morgan fingerprint density at radius 1 is 1.26 bits per heavy atom. The second-order valence-electron chi connectivity index (χ2n) is 9.28. The van der Waals surface area contributed by atoms with E-state index in [2.05, 4.69) is 5.32 Å². The van der Waals surface area contributed by atoms with Crippen molar-refractivity contribution in [2.75, 3.05) is 25.2 Å². The molecule has 1 atom stereocenters. The first-order valence-corrected chi connectivity index (χ1v) is 13.1. The predicted octanol–water partition coefficient (Wildman–Crippen LogP) is 4.17. The van der Waals surface area contributed by atoms with Gasteiger partial charge in [0.05, 0.1) is 18.0 Å². The fourth-order valence-electron chi connectivity index (χ4n) is 4.28. The van der Waals surface area contributed by atoms with Crippen molar-refractivity contribution in [3.8, 4) is 22.6 Å². The molecule has 186 valence electrons. The number of carbonyl (C=O) groups excluding carboxylic acids is 1. The first kappa shape index (κ1) is 25.1. The largest absolute Gasteiger partial charge is 0.487 e. The topological polar surface area (TPSA) is 98.0 Å². The van der Waals surface area contributed by atoms with Crippen LogP contribution in [0.1, 0.15) is 32.3 Å². The van der Waals surface area contributed by atoms with Gasteiger partial charge in [0.2, 0.25) is 0 Å². The first-order chi connectivity index (χ1) is 16.8. The van der Waals surface area contributed by atoms with Crippen LogP contribution in [0.5, 0.6) is 11.5 Å². The third-order valence-corrected chi connectivity index (χ3v) is 6.75. The van der Waals surface area contributed by atoms with Crippen molar-refractivity contribution in [2.24, 2.45) is 0 Å². The number of carbonyl (C=O) groups is 1. The Labute approximate surface area is 208 Å². The van der Waals surface area contributed by atoms with Gasteiger partial charge in [0, 0.05) is 23.3 Å². The maximum atomic E-state index is 12.6. The molecule has 1 aliphatic rings. The molecule has 2 heterocycles. The molecular weight excluding hydrogens is 466 g/mol. The SMILES string of the molecule is CSCCC(CO)NC(=O)COc1cc2c(c3oc(=O)cc(-c4ccccc4)c13)CCC(C)(C)O2. The Morgan fingerprint density at radius 2 is 2.03 bits per heavy atom. The normalized spacial score (nSPS) is 15.2. The minimum Gasteiger partial charge on any atom is -0.487 e. The van der Waals surface area contributed by atoms with Gasteiger partial charge in [0.1, 0.15) is 22.7 Å². The van der Waals surface area contributed by atoms with Gasteiger partial charge in [-0.15, -0.1) is 0 Å². The fourth-order valence-corrected chi connectivity index (χ4v) is 4.80. The Kier molecular flexibility index (Phi) is 7.72. The summed E-state index contributed by atoms with van der Waals surface area (Å²) >= 11 is 1.65. The molecule has 1 aromatic heterocycles. The number of aliphatic hydroxyl groups is 1. The van der Waals surface area contributed by atoms with Crippen molar-refractivity contribution in [3.05, 3.63) is 58.4 Å². The number of fused-ring (bicyclic) bond motifs is 3. The smallest absolute Gasteiger partial charge is 0.336 e. The Morgan fingerprint density at radius 3 is 2.74 bits per heavy atom. The van der Waals surface area contributed by atoms with Crippen LogP contribution in [0.15, 0.2) is 51.7 Å². The molecule has 2 aromatic carbocycles. The molecule has 7 nitrogen and oxygen atoms in total. The maximum absolute atomic E-state index is 12.6. The summed E-state index contributed by atoms with van der Waals surface area (Å²) < 4.78 is 17.9. The van der Waals surface area contributed by atoms with Crippen molar-refractivity contribution >= 4 is 28.6 Å². The third kappa shape index (κ3) is 5.82. The molecule has 1 amide bonds. The van der Waals surface area contributed by atoms with Crippen LogP contribution in [0.2, 0.25) is 0 Å². The van der Waals surface area contributed by atoms with Gasteiger partial charge in [-0.1, -0.05) is 30.3 Å². The zero-order chi connectivity index (χ0) is 25.0. The van der Waals surface area contributed by atoms with E-state index in [1.807, 2.05) is 50.4 Å². The van der Waals surface area contributed by atoms with E-state index in [9.17, 15) is 14.7 Å². The summed E-state index contributed by atoms with van der Waals surface area (Å²) in [6.45, 7) is 3.63. The van der Waals surface area contributed by atoms with Crippen molar-refractivity contribution < 1.29 is 23.8 Å². The lowest BCUT2D eigenvalue weighted by atomic mass is 9.91. The third-order valence-electron chi connectivity index (χ3n) is 6.10. The van der Waals surface area contributed by atoms with E-state index in [4.69, 9.17) is 13.9 Å². The number of amides is 1. The van der Waals surface area contributed by atoms with Crippen LogP contribution in [-0.2, 0) is 11.2 Å². The lowest BCUT2D eigenvalue weighted by molar-refractivity contribution is -0.124. The summed E-state index contributed by atoms with van der Waals surface area (Å²) in [4.78, 5) is 25.2. The molecule has 0 saturated heterocycles. The van der Waals surface area contributed by atoms with Crippen LogP contribution in [-0.4, -0.2) is 47.9 Å². The minimum absolute atomic E-state index is 0.139. The Balaban J connectivity index is 1.75. The zero-order valence-electron chi connectivity index (χ0n) is 20.3. The van der Waals surface area contributed by atoms with Gasteiger partial charge in [0.25, 0.3) is 5.91 Å². The molecule has 8 heteroatoms. The summed E-state index contributed by atoms with van der Waals surface area (Å²) in [6, 6.07) is 12.5. The monoisotopic (exact) mass is 497 g/mol. The molecule has 1 aliphatic heterocycles.